The molecule has 11 heavy (non-hydrogen) atoms. The Morgan fingerprint density at radius 3 is 3.00 bits per heavy atom. The smallest absolute Gasteiger partial charge is 0.139 e. The highest BCUT2D eigenvalue weighted by atomic mass is 16.5. The van der Waals surface area contributed by atoms with Gasteiger partial charge in [0.05, 0.1) is 13.2 Å². The first-order chi connectivity index (χ1) is 5.43. The van der Waals surface area contributed by atoms with Crippen LogP contribution in [0.5, 0.6) is 0 Å². The SMILES string of the molecule is COCCOCn1cccn1. The van der Waals surface area contributed by atoms with Gasteiger partial charge in [-0.15, -0.1) is 0 Å². The molecule has 0 N–H and O–H groups in total. The summed E-state index contributed by atoms with van der Waals surface area (Å²) in [6, 6.07) is 1.86. The van der Waals surface area contributed by atoms with Crippen LogP contribution in [0.4, 0.5) is 0 Å². The fourth-order valence-electron chi connectivity index (χ4n) is 0.677. The highest BCUT2D eigenvalue weighted by Crippen LogP contribution is 1.85. The summed E-state index contributed by atoms with van der Waals surface area (Å²) >= 11 is 0. The summed E-state index contributed by atoms with van der Waals surface area (Å²) in [5.41, 5.74) is 0. The number of hydrogen-bond acceptors (Lipinski definition) is 3. The van der Waals surface area contributed by atoms with Crippen molar-refractivity contribution in [1.82, 2.24) is 9.78 Å². The molecule has 1 heterocycles. The van der Waals surface area contributed by atoms with E-state index in [9.17, 15) is 0 Å². The molecule has 0 saturated carbocycles. The Balaban J connectivity index is 2.04. The molecule has 4 heteroatoms. The minimum absolute atomic E-state index is 0.496. The predicted molar refractivity (Wildman–Crippen MR) is 40.1 cm³/mol. The molecule has 1 rings (SSSR count). The number of methoxy groups -OCH3 is 1. The second-order valence-electron chi connectivity index (χ2n) is 2.08. The minimum atomic E-state index is 0.496. The molecule has 62 valence electrons. The van der Waals surface area contributed by atoms with Gasteiger partial charge in [-0.05, 0) is 6.07 Å². The fraction of sp³-hybridized carbons (Fsp3) is 0.571. The Morgan fingerprint density at radius 2 is 2.36 bits per heavy atom. The van der Waals surface area contributed by atoms with Gasteiger partial charge < -0.3 is 9.47 Å². The van der Waals surface area contributed by atoms with Crippen molar-refractivity contribution in [2.24, 2.45) is 0 Å². The molecule has 0 aliphatic heterocycles. The van der Waals surface area contributed by atoms with Crippen molar-refractivity contribution in [2.45, 2.75) is 6.73 Å². The molecule has 1 aromatic rings. The molecule has 0 aromatic carbocycles. The van der Waals surface area contributed by atoms with Crippen molar-refractivity contribution in [3.63, 3.8) is 0 Å². The molecule has 0 spiro atoms. The zero-order chi connectivity index (χ0) is 7.94. The van der Waals surface area contributed by atoms with Crippen molar-refractivity contribution in [3.8, 4) is 0 Å². The van der Waals surface area contributed by atoms with Gasteiger partial charge in [0.25, 0.3) is 0 Å². The van der Waals surface area contributed by atoms with Gasteiger partial charge in [-0.2, -0.15) is 5.10 Å². The summed E-state index contributed by atoms with van der Waals surface area (Å²) < 4.78 is 11.7. The molecular weight excluding hydrogens is 144 g/mol. The Labute approximate surface area is 65.7 Å². The van der Waals surface area contributed by atoms with E-state index in [1.165, 1.54) is 0 Å². The Hall–Kier alpha value is -0.870. The molecule has 0 unspecified atom stereocenters. The van der Waals surface area contributed by atoms with E-state index < -0.39 is 0 Å². The lowest BCUT2D eigenvalue weighted by Crippen LogP contribution is -2.07. The summed E-state index contributed by atoms with van der Waals surface area (Å²) in [6.45, 7) is 1.73. The van der Waals surface area contributed by atoms with Crippen LogP contribution < -0.4 is 0 Å². The first kappa shape index (κ1) is 8.23. The van der Waals surface area contributed by atoms with Gasteiger partial charge in [0.15, 0.2) is 0 Å². The summed E-state index contributed by atoms with van der Waals surface area (Å²) in [5.74, 6) is 0. The van der Waals surface area contributed by atoms with Crippen LogP contribution in [0.25, 0.3) is 0 Å². The molecule has 0 bridgehead atoms. The van der Waals surface area contributed by atoms with Crippen LogP contribution in [0.3, 0.4) is 0 Å². The molecule has 0 aliphatic carbocycles. The van der Waals surface area contributed by atoms with Crippen molar-refractivity contribution in [1.29, 1.82) is 0 Å². The van der Waals surface area contributed by atoms with E-state index in [0.29, 0.717) is 19.9 Å². The predicted octanol–water partition coefficient (Wildman–Crippen LogP) is 0.504. The van der Waals surface area contributed by atoms with E-state index in [-0.39, 0.29) is 0 Å². The van der Waals surface area contributed by atoms with Crippen molar-refractivity contribution in [3.05, 3.63) is 18.5 Å². The first-order valence-corrected chi connectivity index (χ1v) is 3.47. The number of aromatic nitrogens is 2. The second-order valence-corrected chi connectivity index (χ2v) is 2.08. The van der Waals surface area contributed by atoms with Gasteiger partial charge in [-0.3, -0.25) is 0 Å². The third-order valence-corrected chi connectivity index (χ3v) is 1.21. The monoisotopic (exact) mass is 156 g/mol. The fourth-order valence-corrected chi connectivity index (χ4v) is 0.677. The molecule has 4 nitrogen and oxygen atoms in total. The average molecular weight is 156 g/mol. The van der Waals surface area contributed by atoms with Gasteiger partial charge in [0.2, 0.25) is 0 Å². The molecule has 0 saturated heterocycles. The van der Waals surface area contributed by atoms with Crippen LogP contribution in [-0.2, 0) is 16.2 Å². The van der Waals surface area contributed by atoms with Crippen molar-refractivity contribution >= 4 is 0 Å². The molecule has 1 aromatic heterocycles. The van der Waals surface area contributed by atoms with E-state index >= 15 is 0 Å². The maximum Gasteiger partial charge on any atom is 0.139 e. The summed E-state index contributed by atoms with van der Waals surface area (Å²) in [7, 11) is 1.65. The minimum Gasteiger partial charge on any atom is -0.382 e. The van der Waals surface area contributed by atoms with Gasteiger partial charge in [0, 0.05) is 19.5 Å². The summed E-state index contributed by atoms with van der Waals surface area (Å²) in [6.07, 6.45) is 3.58. The number of hydrogen-bond donors (Lipinski definition) is 0. The Kier molecular flexibility index (Phi) is 3.64. The molecule has 0 atom stereocenters. The van der Waals surface area contributed by atoms with Crippen LogP contribution in [-0.4, -0.2) is 30.1 Å². The summed E-state index contributed by atoms with van der Waals surface area (Å²) in [5, 5.41) is 3.96. The summed E-state index contributed by atoms with van der Waals surface area (Å²) in [4.78, 5) is 0. The average Bonchev–Trinajstić information content (AvgIpc) is 2.50. The number of ether oxygens (including phenoxy) is 2. The van der Waals surface area contributed by atoms with Crippen LogP contribution in [0.1, 0.15) is 0 Å². The Bertz CT molecular complexity index is 175. The van der Waals surface area contributed by atoms with E-state index in [1.54, 1.807) is 18.0 Å². The highest BCUT2D eigenvalue weighted by Gasteiger charge is 1.88. The largest absolute Gasteiger partial charge is 0.382 e. The maximum atomic E-state index is 5.19. The lowest BCUT2D eigenvalue weighted by atomic mass is 10.7. The van der Waals surface area contributed by atoms with Crippen LogP contribution in [0.2, 0.25) is 0 Å². The molecule has 0 fully saturated rings. The zero-order valence-electron chi connectivity index (χ0n) is 6.56. The van der Waals surface area contributed by atoms with E-state index in [0.717, 1.165) is 0 Å². The number of nitrogens with zero attached hydrogens (tertiary/aromatic N) is 2. The van der Waals surface area contributed by atoms with Crippen LogP contribution >= 0.6 is 0 Å². The Morgan fingerprint density at radius 1 is 1.45 bits per heavy atom. The quantitative estimate of drug-likeness (QED) is 0.582. The zero-order valence-corrected chi connectivity index (χ0v) is 6.56. The third-order valence-electron chi connectivity index (χ3n) is 1.21. The highest BCUT2D eigenvalue weighted by molar-refractivity contribution is 4.76. The second kappa shape index (κ2) is 4.87. The maximum absolute atomic E-state index is 5.19. The van der Waals surface area contributed by atoms with Crippen LogP contribution in [0.15, 0.2) is 18.5 Å². The van der Waals surface area contributed by atoms with Crippen molar-refractivity contribution in [2.75, 3.05) is 20.3 Å². The molecule has 0 aliphatic rings. The molecular formula is C7H12N2O2. The van der Waals surface area contributed by atoms with E-state index in [2.05, 4.69) is 5.10 Å². The van der Waals surface area contributed by atoms with Gasteiger partial charge in [-0.1, -0.05) is 0 Å². The lowest BCUT2D eigenvalue weighted by Gasteiger charge is -2.02. The normalized spacial score (nSPS) is 10.3. The van der Waals surface area contributed by atoms with Crippen molar-refractivity contribution < 1.29 is 9.47 Å². The molecule has 0 radical (unpaired) electrons. The van der Waals surface area contributed by atoms with Crippen LogP contribution in [0, 0.1) is 0 Å². The van der Waals surface area contributed by atoms with Gasteiger partial charge in [-0.25, -0.2) is 4.68 Å². The van der Waals surface area contributed by atoms with E-state index in [1.807, 2.05) is 12.3 Å². The topological polar surface area (TPSA) is 36.3 Å². The standard InChI is InChI=1S/C7H12N2O2/c1-10-5-6-11-7-9-4-2-3-8-9/h2-4H,5-7H2,1H3. The van der Waals surface area contributed by atoms with E-state index in [4.69, 9.17) is 9.47 Å². The number of rotatable bonds is 5. The van der Waals surface area contributed by atoms with Gasteiger partial charge in [0.1, 0.15) is 6.73 Å². The third kappa shape index (κ3) is 3.15. The van der Waals surface area contributed by atoms with Gasteiger partial charge >= 0.3 is 0 Å². The first-order valence-electron chi connectivity index (χ1n) is 3.47. The lowest BCUT2D eigenvalue weighted by molar-refractivity contribution is 0.0288. The molecule has 0 amide bonds.